The Bertz CT molecular complexity index is 1220. The fourth-order valence-corrected chi connectivity index (χ4v) is 5.04. The number of ether oxygens (including phenoxy) is 1. The number of piperidine rings is 1. The lowest BCUT2D eigenvalue weighted by Crippen LogP contribution is -2.52. The monoisotopic (exact) mass is 461 g/mol. The van der Waals surface area contributed by atoms with Crippen molar-refractivity contribution in [3.63, 3.8) is 0 Å². The second kappa shape index (κ2) is 9.37. The van der Waals surface area contributed by atoms with Gasteiger partial charge in [0.25, 0.3) is 5.56 Å². The van der Waals surface area contributed by atoms with Crippen LogP contribution >= 0.6 is 0 Å². The normalized spacial score (nSPS) is 17.3. The van der Waals surface area contributed by atoms with E-state index in [1.807, 2.05) is 46.2 Å². The number of piperazine rings is 1. The van der Waals surface area contributed by atoms with Crippen molar-refractivity contribution < 1.29 is 9.53 Å². The molecule has 2 fully saturated rings. The van der Waals surface area contributed by atoms with Gasteiger partial charge in [-0.1, -0.05) is 12.1 Å². The third-order valence-corrected chi connectivity index (χ3v) is 7.14. The quantitative estimate of drug-likeness (QED) is 0.595. The van der Waals surface area contributed by atoms with Crippen LogP contribution in [0.2, 0.25) is 0 Å². The van der Waals surface area contributed by atoms with E-state index in [1.54, 1.807) is 18.7 Å². The summed E-state index contributed by atoms with van der Waals surface area (Å²) >= 11 is 0. The molecule has 8 nitrogen and oxygen atoms in total. The Kier molecular flexibility index (Phi) is 6.13. The molecule has 2 saturated heterocycles. The zero-order chi connectivity index (χ0) is 23.7. The third-order valence-electron chi connectivity index (χ3n) is 7.14. The number of amides is 1. The van der Waals surface area contributed by atoms with Crippen molar-refractivity contribution in [1.29, 1.82) is 0 Å². The lowest BCUT2D eigenvalue weighted by atomic mass is 9.95. The van der Waals surface area contributed by atoms with Gasteiger partial charge in [0.1, 0.15) is 5.75 Å². The van der Waals surface area contributed by atoms with Gasteiger partial charge < -0.3 is 24.0 Å². The van der Waals surface area contributed by atoms with Gasteiger partial charge in [0.05, 0.1) is 18.1 Å². The highest BCUT2D eigenvalue weighted by Crippen LogP contribution is 2.25. The highest BCUT2D eigenvalue weighted by atomic mass is 16.5. The SMILES string of the molecule is COc1ccc(N2CCN(C(=O)C3CCN(c4nc5ccccc5n(C)c4=O)CC3)CC2)cc1. The molecule has 1 amide bonds. The van der Waals surface area contributed by atoms with E-state index in [2.05, 4.69) is 22.0 Å². The van der Waals surface area contributed by atoms with Crippen LogP contribution in [0.15, 0.2) is 53.3 Å². The molecule has 0 unspecified atom stereocenters. The van der Waals surface area contributed by atoms with E-state index in [0.717, 1.165) is 61.5 Å². The second-order valence-electron chi connectivity index (χ2n) is 9.06. The summed E-state index contributed by atoms with van der Waals surface area (Å²) in [5.74, 6) is 1.59. The lowest BCUT2D eigenvalue weighted by Gasteiger charge is -2.39. The molecule has 3 heterocycles. The van der Waals surface area contributed by atoms with Crippen LogP contribution in [0.4, 0.5) is 11.5 Å². The Hall–Kier alpha value is -3.55. The predicted octanol–water partition coefficient (Wildman–Crippen LogP) is 2.51. The first kappa shape index (κ1) is 22.3. The fraction of sp³-hybridized carbons (Fsp3) is 0.423. The van der Waals surface area contributed by atoms with Crippen LogP contribution in [0.5, 0.6) is 5.75 Å². The Morgan fingerprint density at radius 2 is 1.59 bits per heavy atom. The Morgan fingerprint density at radius 3 is 2.26 bits per heavy atom. The van der Waals surface area contributed by atoms with Crippen molar-refractivity contribution in [2.24, 2.45) is 13.0 Å². The van der Waals surface area contributed by atoms with Crippen LogP contribution < -0.4 is 20.1 Å². The number of anilines is 2. The molecule has 2 aliphatic heterocycles. The average Bonchev–Trinajstić information content (AvgIpc) is 2.90. The number of hydrogen-bond acceptors (Lipinski definition) is 6. The van der Waals surface area contributed by atoms with Crippen LogP contribution in [-0.4, -0.2) is 66.7 Å². The minimum absolute atomic E-state index is 0.00750. The molecule has 0 N–H and O–H groups in total. The first-order valence-corrected chi connectivity index (χ1v) is 11.9. The van der Waals surface area contributed by atoms with Gasteiger partial charge in [-0.25, -0.2) is 4.98 Å². The molecule has 178 valence electrons. The van der Waals surface area contributed by atoms with Crippen LogP contribution in [-0.2, 0) is 11.8 Å². The summed E-state index contributed by atoms with van der Waals surface area (Å²) in [5, 5.41) is 0. The number of fused-ring (bicyclic) bond motifs is 1. The van der Waals surface area contributed by atoms with Gasteiger partial charge >= 0.3 is 0 Å². The summed E-state index contributed by atoms with van der Waals surface area (Å²) < 4.78 is 6.91. The molecule has 0 atom stereocenters. The first-order chi connectivity index (χ1) is 16.5. The van der Waals surface area contributed by atoms with Crippen LogP contribution in [0.25, 0.3) is 11.0 Å². The number of nitrogens with zero attached hydrogens (tertiary/aromatic N) is 5. The highest BCUT2D eigenvalue weighted by molar-refractivity contribution is 5.80. The molecule has 3 aromatic rings. The van der Waals surface area contributed by atoms with Gasteiger partial charge in [0.15, 0.2) is 5.82 Å². The summed E-state index contributed by atoms with van der Waals surface area (Å²) in [4.78, 5) is 37.1. The molecule has 2 aliphatic rings. The Balaban J connectivity index is 1.19. The van der Waals surface area contributed by atoms with Gasteiger partial charge in [0, 0.05) is 57.9 Å². The van der Waals surface area contributed by atoms with Gasteiger partial charge in [0.2, 0.25) is 5.91 Å². The maximum Gasteiger partial charge on any atom is 0.293 e. The molecular weight excluding hydrogens is 430 g/mol. The zero-order valence-electron chi connectivity index (χ0n) is 19.8. The van der Waals surface area contributed by atoms with Crippen LogP contribution in [0, 0.1) is 5.92 Å². The van der Waals surface area contributed by atoms with Crippen molar-refractivity contribution in [2.75, 3.05) is 56.2 Å². The van der Waals surface area contributed by atoms with E-state index in [-0.39, 0.29) is 17.4 Å². The molecule has 1 aromatic heterocycles. The highest BCUT2D eigenvalue weighted by Gasteiger charge is 2.31. The van der Waals surface area contributed by atoms with E-state index < -0.39 is 0 Å². The number of carbonyl (C=O) groups is 1. The molecule has 0 aliphatic carbocycles. The topological polar surface area (TPSA) is 70.9 Å². The molecule has 0 spiro atoms. The largest absolute Gasteiger partial charge is 0.497 e. The van der Waals surface area contributed by atoms with Crippen molar-refractivity contribution >= 4 is 28.4 Å². The number of benzene rings is 2. The van der Waals surface area contributed by atoms with Crippen molar-refractivity contribution in [1.82, 2.24) is 14.5 Å². The molecule has 0 radical (unpaired) electrons. The van der Waals surface area contributed by atoms with Gasteiger partial charge in [-0.2, -0.15) is 0 Å². The average molecular weight is 462 g/mol. The van der Waals surface area contributed by atoms with Crippen molar-refractivity contribution in [2.45, 2.75) is 12.8 Å². The maximum atomic E-state index is 13.2. The first-order valence-electron chi connectivity index (χ1n) is 11.9. The molecular formula is C26H31N5O3. The summed E-state index contributed by atoms with van der Waals surface area (Å²) in [6.45, 7) is 4.46. The van der Waals surface area contributed by atoms with E-state index in [4.69, 9.17) is 4.74 Å². The third kappa shape index (κ3) is 4.20. The van der Waals surface area contributed by atoms with Gasteiger partial charge in [-0.15, -0.1) is 0 Å². The smallest absolute Gasteiger partial charge is 0.293 e. The Morgan fingerprint density at radius 1 is 0.912 bits per heavy atom. The van der Waals surface area contributed by atoms with Crippen molar-refractivity contribution in [3.8, 4) is 5.75 Å². The minimum atomic E-state index is -0.0851. The van der Waals surface area contributed by atoms with E-state index in [1.165, 1.54) is 0 Å². The molecule has 5 rings (SSSR count). The number of para-hydroxylation sites is 2. The number of aromatic nitrogens is 2. The van der Waals surface area contributed by atoms with E-state index >= 15 is 0 Å². The maximum absolute atomic E-state index is 13.2. The Labute approximate surface area is 199 Å². The van der Waals surface area contributed by atoms with Crippen LogP contribution in [0.1, 0.15) is 12.8 Å². The number of methoxy groups -OCH3 is 1. The summed E-state index contributed by atoms with van der Waals surface area (Å²) in [5.41, 5.74) is 2.71. The van der Waals surface area contributed by atoms with E-state index in [0.29, 0.717) is 18.9 Å². The summed E-state index contributed by atoms with van der Waals surface area (Å²) in [6.07, 6.45) is 1.49. The number of hydrogen-bond donors (Lipinski definition) is 0. The van der Waals surface area contributed by atoms with Crippen LogP contribution in [0.3, 0.4) is 0 Å². The number of aryl methyl sites for hydroxylation is 1. The zero-order valence-corrected chi connectivity index (χ0v) is 19.8. The summed E-state index contributed by atoms with van der Waals surface area (Å²) in [7, 11) is 3.46. The van der Waals surface area contributed by atoms with Gasteiger partial charge in [-0.3, -0.25) is 9.59 Å². The molecule has 34 heavy (non-hydrogen) atoms. The predicted molar refractivity (Wildman–Crippen MR) is 134 cm³/mol. The fourth-order valence-electron chi connectivity index (χ4n) is 5.04. The molecule has 2 aromatic carbocycles. The van der Waals surface area contributed by atoms with E-state index in [9.17, 15) is 9.59 Å². The number of rotatable bonds is 4. The summed E-state index contributed by atoms with van der Waals surface area (Å²) in [6, 6.07) is 15.8. The lowest BCUT2D eigenvalue weighted by molar-refractivity contribution is -0.136. The minimum Gasteiger partial charge on any atom is -0.497 e. The van der Waals surface area contributed by atoms with Crippen molar-refractivity contribution in [3.05, 3.63) is 58.9 Å². The molecule has 0 saturated carbocycles. The number of carbonyl (C=O) groups excluding carboxylic acids is 1. The standard InChI is InChI=1S/C26H31N5O3/c1-28-23-6-4-3-5-22(23)27-24(26(28)33)30-13-11-19(12-14-30)25(32)31-17-15-29(16-18-31)20-7-9-21(34-2)10-8-20/h3-10,19H,11-18H2,1-2H3. The molecule has 8 heteroatoms. The van der Waals surface area contributed by atoms with Gasteiger partial charge in [-0.05, 0) is 49.2 Å². The molecule has 0 bridgehead atoms. The second-order valence-corrected chi connectivity index (χ2v) is 9.06.